The maximum absolute atomic E-state index is 6.25. The summed E-state index contributed by atoms with van der Waals surface area (Å²) in [6.45, 7) is 4.02. The van der Waals surface area contributed by atoms with Gasteiger partial charge in [0.2, 0.25) is 0 Å². The number of benzene rings is 2. The average molecular weight is 374 g/mol. The van der Waals surface area contributed by atoms with Gasteiger partial charge in [0.25, 0.3) is 0 Å². The second kappa shape index (κ2) is 6.84. The number of rotatable bonds is 4. The molecule has 0 aliphatic heterocycles. The van der Waals surface area contributed by atoms with Gasteiger partial charge in [-0.25, -0.2) is 0 Å². The molecule has 1 nitrogen and oxygen atoms in total. The van der Waals surface area contributed by atoms with Crippen LogP contribution in [-0.4, -0.2) is 6.10 Å². The summed E-state index contributed by atoms with van der Waals surface area (Å²) in [5.74, 6) is 0.854. The summed E-state index contributed by atoms with van der Waals surface area (Å²) in [5.41, 5.74) is 2.07. The third-order valence-electron chi connectivity index (χ3n) is 2.76. The van der Waals surface area contributed by atoms with Gasteiger partial charge in [0.05, 0.1) is 10.9 Å². The lowest BCUT2D eigenvalue weighted by Crippen LogP contribution is -2.06. The fraction of sp³-hybridized carbons (Fsp3) is 0.250. The Hall–Kier alpha value is -0.700. The van der Waals surface area contributed by atoms with E-state index in [1.807, 2.05) is 50.2 Å². The average Bonchev–Trinajstić information content (AvgIpc) is 2.37. The lowest BCUT2D eigenvalue weighted by Gasteiger charge is -2.15. The summed E-state index contributed by atoms with van der Waals surface area (Å²) in [6, 6.07) is 13.5. The summed E-state index contributed by atoms with van der Waals surface area (Å²) in [4.78, 5) is 0.00276. The normalized spacial score (nSPS) is 12.5. The highest BCUT2D eigenvalue weighted by Crippen LogP contribution is 2.37. The molecule has 4 heteroatoms. The van der Waals surface area contributed by atoms with E-state index >= 15 is 0 Å². The van der Waals surface area contributed by atoms with Crippen LogP contribution in [0.5, 0.6) is 5.75 Å². The Bertz CT molecular complexity index is 599. The first-order valence-corrected chi connectivity index (χ1v) is 8.00. The highest BCUT2D eigenvalue weighted by Gasteiger charge is 2.15. The van der Waals surface area contributed by atoms with Crippen molar-refractivity contribution in [1.82, 2.24) is 0 Å². The van der Waals surface area contributed by atoms with Crippen molar-refractivity contribution < 1.29 is 4.74 Å². The predicted molar refractivity (Wildman–Crippen MR) is 89.4 cm³/mol. The summed E-state index contributed by atoms with van der Waals surface area (Å²) < 4.78 is 5.72. The minimum absolute atomic E-state index is 0.00276. The van der Waals surface area contributed by atoms with Crippen molar-refractivity contribution in [2.45, 2.75) is 24.8 Å². The van der Waals surface area contributed by atoms with E-state index in [1.165, 1.54) is 0 Å². The Kier molecular flexibility index (Phi) is 5.36. The molecule has 0 radical (unpaired) electrons. The minimum atomic E-state index is 0.00276. The molecule has 1 atom stereocenters. The van der Waals surface area contributed by atoms with Gasteiger partial charge in [-0.15, -0.1) is 0 Å². The zero-order valence-corrected chi connectivity index (χ0v) is 14.3. The summed E-state index contributed by atoms with van der Waals surface area (Å²) in [5, 5.41) is 1.28. The van der Waals surface area contributed by atoms with E-state index in [4.69, 9.17) is 27.9 Å². The molecular weight excluding hydrogens is 359 g/mol. The van der Waals surface area contributed by atoms with Gasteiger partial charge in [0.15, 0.2) is 0 Å². The zero-order valence-electron chi connectivity index (χ0n) is 11.2. The molecule has 20 heavy (non-hydrogen) atoms. The number of alkyl halides is 1. The van der Waals surface area contributed by atoms with Gasteiger partial charge in [-0.3, -0.25) is 0 Å². The van der Waals surface area contributed by atoms with E-state index in [2.05, 4.69) is 15.9 Å². The molecule has 0 spiro atoms. The second-order valence-corrected chi connectivity index (χ2v) is 6.53. The Balaban J connectivity index is 2.30. The van der Waals surface area contributed by atoms with Crippen LogP contribution in [-0.2, 0) is 0 Å². The van der Waals surface area contributed by atoms with Crippen molar-refractivity contribution >= 4 is 39.1 Å². The van der Waals surface area contributed by atoms with Crippen LogP contribution in [0, 0.1) is 0 Å². The maximum atomic E-state index is 6.25. The smallest absolute Gasteiger partial charge is 0.120 e. The predicted octanol–water partition coefficient (Wildman–Crippen LogP) is 6.26. The first-order chi connectivity index (χ1) is 9.47. The third-order valence-corrected chi connectivity index (χ3v) is 4.34. The molecule has 0 aromatic heterocycles. The third kappa shape index (κ3) is 3.91. The molecule has 0 aliphatic rings. The number of ether oxygens (including phenoxy) is 1. The van der Waals surface area contributed by atoms with Crippen LogP contribution < -0.4 is 4.74 Å². The van der Waals surface area contributed by atoms with Gasteiger partial charge < -0.3 is 4.74 Å². The monoisotopic (exact) mass is 372 g/mol. The lowest BCUT2D eigenvalue weighted by atomic mass is 10.0. The fourth-order valence-electron chi connectivity index (χ4n) is 1.90. The van der Waals surface area contributed by atoms with Gasteiger partial charge in [-0.1, -0.05) is 57.3 Å². The van der Waals surface area contributed by atoms with E-state index in [0.29, 0.717) is 10.0 Å². The van der Waals surface area contributed by atoms with E-state index < -0.39 is 0 Å². The molecule has 0 bridgehead atoms. The van der Waals surface area contributed by atoms with E-state index in [9.17, 15) is 0 Å². The molecular formula is C16H15BrCl2O. The van der Waals surface area contributed by atoms with Crippen molar-refractivity contribution in [2.24, 2.45) is 0 Å². The molecule has 0 heterocycles. The molecule has 0 N–H and O–H groups in total. The van der Waals surface area contributed by atoms with Crippen LogP contribution >= 0.6 is 39.1 Å². The van der Waals surface area contributed by atoms with Crippen LogP contribution in [0.15, 0.2) is 42.5 Å². The van der Waals surface area contributed by atoms with Gasteiger partial charge in [0, 0.05) is 10.0 Å². The van der Waals surface area contributed by atoms with Gasteiger partial charge in [0.1, 0.15) is 5.75 Å². The molecule has 2 aromatic carbocycles. The van der Waals surface area contributed by atoms with Crippen LogP contribution in [0.25, 0.3) is 0 Å². The van der Waals surface area contributed by atoms with Crippen molar-refractivity contribution in [3.05, 3.63) is 63.6 Å². The Morgan fingerprint density at radius 1 is 1.05 bits per heavy atom. The molecule has 1 unspecified atom stereocenters. The number of hydrogen-bond acceptors (Lipinski definition) is 1. The molecule has 0 aliphatic carbocycles. The molecule has 0 saturated heterocycles. The van der Waals surface area contributed by atoms with Gasteiger partial charge >= 0.3 is 0 Å². The summed E-state index contributed by atoms with van der Waals surface area (Å²) >= 11 is 15.9. The number of halogens is 3. The highest BCUT2D eigenvalue weighted by molar-refractivity contribution is 9.09. The summed E-state index contributed by atoms with van der Waals surface area (Å²) in [6.07, 6.45) is 0.151. The van der Waals surface area contributed by atoms with E-state index in [0.717, 1.165) is 16.9 Å². The highest BCUT2D eigenvalue weighted by atomic mass is 79.9. The van der Waals surface area contributed by atoms with Gasteiger partial charge in [-0.05, 0) is 49.2 Å². The molecule has 0 amide bonds. The van der Waals surface area contributed by atoms with Crippen LogP contribution in [0.4, 0.5) is 0 Å². The zero-order chi connectivity index (χ0) is 14.7. The second-order valence-electron chi connectivity index (χ2n) is 4.77. The SMILES string of the molecule is CC(C)Oc1cccc(C(Br)c2ccc(Cl)cc2Cl)c1. The Morgan fingerprint density at radius 2 is 1.80 bits per heavy atom. The van der Waals surface area contributed by atoms with E-state index in [1.54, 1.807) is 6.07 Å². The van der Waals surface area contributed by atoms with Gasteiger partial charge in [-0.2, -0.15) is 0 Å². The molecule has 106 valence electrons. The topological polar surface area (TPSA) is 9.23 Å². The Labute approximate surface area is 138 Å². The number of hydrogen-bond donors (Lipinski definition) is 0. The Morgan fingerprint density at radius 3 is 2.45 bits per heavy atom. The van der Waals surface area contributed by atoms with Crippen LogP contribution in [0.1, 0.15) is 29.8 Å². The maximum Gasteiger partial charge on any atom is 0.120 e. The van der Waals surface area contributed by atoms with E-state index in [-0.39, 0.29) is 10.9 Å². The molecule has 2 rings (SSSR count). The lowest BCUT2D eigenvalue weighted by molar-refractivity contribution is 0.242. The molecule has 0 fully saturated rings. The van der Waals surface area contributed by atoms with Crippen LogP contribution in [0.3, 0.4) is 0 Å². The van der Waals surface area contributed by atoms with Crippen molar-refractivity contribution in [3.63, 3.8) is 0 Å². The minimum Gasteiger partial charge on any atom is -0.491 e. The first kappa shape index (κ1) is 15.7. The summed E-state index contributed by atoms with van der Waals surface area (Å²) in [7, 11) is 0. The largest absolute Gasteiger partial charge is 0.491 e. The first-order valence-electron chi connectivity index (χ1n) is 6.33. The van der Waals surface area contributed by atoms with Crippen LogP contribution in [0.2, 0.25) is 10.0 Å². The van der Waals surface area contributed by atoms with Crippen molar-refractivity contribution in [3.8, 4) is 5.75 Å². The molecule has 0 saturated carbocycles. The standard InChI is InChI=1S/C16H15BrCl2O/c1-10(2)20-13-5-3-4-11(8-13)16(17)14-7-6-12(18)9-15(14)19/h3-10,16H,1-2H3. The van der Waals surface area contributed by atoms with Crippen molar-refractivity contribution in [1.29, 1.82) is 0 Å². The molecule has 2 aromatic rings. The quantitative estimate of drug-likeness (QED) is 0.574. The van der Waals surface area contributed by atoms with Crippen molar-refractivity contribution in [2.75, 3.05) is 0 Å². The fourth-order valence-corrected chi connectivity index (χ4v) is 3.24.